The molecule has 2 amide bonds. The average Bonchev–Trinajstić information content (AvgIpc) is 3.00. The Balaban J connectivity index is 1.83. The SMILES string of the molecule is O=C(Nc1cnccn1)Nc1sc(-c2cccnc2)cc1C(=O)O. The van der Waals surface area contributed by atoms with Crippen molar-refractivity contribution in [2.45, 2.75) is 0 Å². The summed E-state index contributed by atoms with van der Waals surface area (Å²) in [6.45, 7) is 0. The summed E-state index contributed by atoms with van der Waals surface area (Å²) in [7, 11) is 0. The van der Waals surface area contributed by atoms with Crippen LogP contribution in [0.3, 0.4) is 0 Å². The zero-order chi connectivity index (χ0) is 16.9. The van der Waals surface area contributed by atoms with Crippen molar-refractivity contribution in [2.75, 3.05) is 10.6 Å². The van der Waals surface area contributed by atoms with E-state index in [9.17, 15) is 14.7 Å². The molecule has 0 aliphatic rings. The Bertz CT molecular complexity index is 867. The van der Waals surface area contributed by atoms with Crippen LogP contribution in [0.25, 0.3) is 10.4 Å². The van der Waals surface area contributed by atoms with Crippen LogP contribution in [0, 0.1) is 0 Å². The summed E-state index contributed by atoms with van der Waals surface area (Å²) in [5.74, 6) is -0.868. The first-order valence-corrected chi connectivity index (χ1v) is 7.56. The van der Waals surface area contributed by atoms with E-state index in [1.165, 1.54) is 24.7 Å². The number of aromatic nitrogens is 3. The van der Waals surface area contributed by atoms with Crippen LogP contribution in [0.1, 0.15) is 10.4 Å². The number of carboxylic acid groups (broad SMARTS) is 1. The highest BCUT2D eigenvalue weighted by Crippen LogP contribution is 2.35. The molecule has 3 aromatic heterocycles. The Kier molecular flexibility index (Phi) is 4.43. The Labute approximate surface area is 140 Å². The highest BCUT2D eigenvalue weighted by atomic mass is 32.1. The van der Waals surface area contributed by atoms with Gasteiger partial charge in [0.15, 0.2) is 5.82 Å². The van der Waals surface area contributed by atoms with Crippen molar-refractivity contribution < 1.29 is 14.7 Å². The highest BCUT2D eigenvalue weighted by molar-refractivity contribution is 7.20. The number of nitrogens with zero attached hydrogens (tertiary/aromatic N) is 3. The molecule has 0 atom stereocenters. The van der Waals surface area contributed by atoms with Crippen molar-refractivity contribution in [3.05, 3.63) is 54.7 Å². The molecule has 24 heavy (non-hydrogen) atoms. The lowest BCUT2D eigenvalue weighted by atomic mass is 10.2. The lowest BCUT2D eigenvalue weighted by Gasteiger charge is -2.05. The van der Waals surface area contributed by atoms with Crippen LogP contribution >= 0.6 is 11.3 Å². The molecule has 0 fully saturated rings. The molecule has 3 heterocycles. The van der Waals surface area contributed by atoms with E-state index in [0.29, 0.717) is 4.88 Å². The standard InChI is InChI=1S/C15H11N5O3S/c21-14(22)10-6-11(9-2-1-3-16-7-9)24-13(10)20-15(23)19-12-8-17-4-5-18-12/h1-8H,(H,21,22)(H2,18,19,20,23). The summed E-state index contributed by atoms with van der Waals surface area (Å²) >= 11 is 1.15. The molecule has 0 aliphatic carbocycles. The molecule has 0 saturated heterocycles. The number of rotatable bonds is 4. The molecule has 3 aromatic rings. The average molecular weight is 341 g/mol. The number of nitrogens with one attached hydrogen (secondary N) is 2. The zero-order valence-corrected chi connectivity index (χ0v) is 12.9. The molecule has 120 valence electrons. The number of amides is 2. The Morgan fingerprint density at radius 2 is 1.92 bits per heavy atom. The first-order valence-electron chi connectivity index (χ1n) is 6.75. The summed E-state index contributed by atoms with van der Waals surface area (Å²) in [4.78, 5) is 35.9. The maximum Gasteiger partial charge on any atom is 0.338 e. The van der Waals surface area contributed by atoms with Gasteiger partial charge in [0.05, 0.1) is 11.8 Å². The molecular weight excluding hydrogens is 330 g/mol. The van der Waals surface area contributed by atoms with Crippen LogP contribution in [0.2, 0.25) is 0 Å². The molecule has 0 bridgehead atoms. The van der Waals surface area contributed by atoms with E-state index >= 15 is 0 Å². The molecular formula is C15H11N5O3S. The van der Waals surface area contributed by atoms with Crippen LogP contribution in [0.15, 0.2) is 49.2 Å². The zero-order valence-electron chi connectivity index (χ0n) is 12.1. The smallest absolute Gasteiger partial charge is 0.338 e. The van der Waals surface area contributed by atoms with Crippen molar-refractivity contribution in [2.24, 2.45) is 0 Å². The number of hydrogen-bond donors (Lipinski definition) is 3. The number of pyridine rings is 1. The molecule has 3 N–H and O–H groups in total. The van der Waals surface area contributed by atoms with E-state index in [1.54, 1.807) is 18.5 Å². The van der Waals surface area contributed by atoms with E-state index in [-0.39, 0.29) is 16.4 Å². The molecule has 0 saturated carbocycles. The number of carbonyl (C=O) groups is 2. The highest BCUT2D eigenvalue weighted by Gasteiger charge is 2.18. The quantitative estimate of drug-likeness (QED) is 0.671. The fraction of sp³-hybridized carbons (Fsp3) is 0. The first-order chi connectivity index (χ1) is 11.6. The molecule has 3 rings (SSSR count). The minimum atomic E-state index is -1.13. The maximum absolute atomic E-state index is 12.0. The van der Waals surface area contributed by atoms with Gasteiger partial charge in [-0.3, -0.25) is 20.6 Å². The van der Waals surface area contributed by atoms with Crippen molar-refractivity contribution in [3.63, 3.8) is 0 Å². The van der Waals surface area contributed by atoms with E-state index in [0.717, 1.165) is 16.9 Å². The summed E-state index contributed by atoms with van der Waals surface area (Å²) < 4.78 is 0. The van der Waals surface area contributed by atoms with E-state index in [4.69, 9.17) is 0 Å². The number of aromatic carboxylic acids is 1. The summed E-state index contributed by atoms with van der Waals surface area (Å²) in [6.07, 6.45) is 7.55. The summed E-state index contributed by atoms with van der Waals surface area (Å²) in [5, 5.41) is 14.6. The predicted octanol–water partition coefficient (Wildman–Crippen LogP) is 2.94. The molecule has 0 unspecified atom stereocenters. The molecule has 8 nitrogen and oxygen atoms in total. The van der Waals surface area contributed by atoms with Crippen molar-refractivity contribution in [1.29, 1.82) is 0 Å². The number of hydrogen-bond acceptors (Lipinski definition) is 6. The molecule has 0 aliphatic heterocycles. The third-order valence-electron chi connectivity index (χ3n) is 2.94. The van der Waals surface area contributed by atoms with Crippen LogP contribution in [0.5, 0.6) is 0 Å². The Morgan fingerprint density at radius 1 is 1.08 bits per heavy atom. The minimum Gasteiger partial charge on any atom is -0.478 e. The van der Waals surface area contributed by atoms with Crippen molar-refractivity contribution >= 4 is 34.2 Å². The van der Waals surface area contributed by atoms with Gasteiger partial charge in [-0.1, -0.05) is 6.07 Å². The number of urea groups is 1. The Morgan fingerprint density at radius 3 is 2.58 bits per heavy atom. The summed E-state index contributed by atoms with van der Waals surface area (Å²) in [6, 6.07) is 4.47. The second-order valence-corrected chi connectivity index (χ2v) is 5.62. The summed E-state index contributed by atoms with van der Waals surface area (Å²) in [5.41, 5.74) is 0.778. The van der Waals surface area contributed by atoms with Gasteiger partial charge in [0.2, 0.25) is 0 Å². The van der Waals surface area contributed by atoms with Crippen LogP contribution < -0.4 is 10.6 Å². The fourth-order valence-electron chi connectivity index (χ4n) is 1.91. The van der Waals surface area contributed by atoms with E-state index < -0.39 is 12.0 Å². The van der Waals surface area contributed by atoms with Gasteiger partial charge < -0.3 is 5.11 Å². The van der Waals surface area contributed by atoms with Gasteiger partial charge in [0.25, 0.3) is 0 Å². The van der Waals surface area contributed by atoms with Crippen LogP contribution in [-0.4, -0.2) is 32.1 Å². The van der Waals surface area contributed by atoms with Crippen LogP contribution in [-0.2, 0) is 0 Å². The van der Waals surface area contributed by atoms with Crippen LogP contribution in [0.4, 0.5) is 15.6 Å². The maximum atomic E-state index is 12.0. The molecule has 9 heteroatoms. The van der Waals surface area contributed by atoms with Gasteiger partial charge in [-0.2, -0.15) is 0 Å². The largest absolute Gasteiger partial charge is 0.478 e. The predicted molar refractivity (Wildman–Crippen MR) is 89.2 cm³/mol. The van der Waals surface area contributed by atoms with Gasteiger partial charge in [-0.05, 0) is 12.1 Å². The van der Waals surface area contributed by atoms with Gasteiger partial charge >= 0.3 is 12.0 Å². The number of anilines is 2. The number of carboxylic acids is 1. The number of thiophene rings is 1. The lowest BCUT2D eigenvalue weighted by Crippen LogP contribution is -2.20. The normalized spacial score (nSPS) is 10.2. The third kappa shape index (κ3) is 3.52. The van der Waals surface area contributed by atoms with Gasteiger partial charge in [-0.25, -0.2) is 14.6 Å². The number of carbonyl (C=O) groups excluding carboxylic acids is 1. The van der Waals surface area contributed by atoms with Gasteiger partial charge in [0, 0.05) is 35.2 Å². The second kappa shape index (κ2) is 6.84. The lowest BCUT2D eigenvalue weighted by molar-refractivity contribution is 0.0698. The third-order valence-corrected chi connectivity index (χ3v) is 4.04. The first kappa shape index (κ1) is 15.6. The second-order valence-electron chi connectivity index (χ2n) is 4.57. The topological polar surface area (TPSA) is 117 Å². The Hall–Kier alpha value is -3.33. The van der Waals surface area contributed by atoms with Crippen molar-refractivity contribution in [3.8, 4) is 10.4 Å². The van der Waals surface area contributed by atoms with Gasteiger partial charge in [-0.15, -0.1) is 11.3 Å². The van der Waals surface area contributed by atoms with E-state index in [2.05, 4.69) is 25.6 Å². The molecule has 0 spiro atoms. The molecule has 0 radical (unpaired) electrons. The van der Waals surface area contributed by atoms with Crippen molar-refractivity contribution in [1.82, 2.24) is 15.0 Å². The monoisotopic (exact) mass is 341 g/mol. The fourth-order valence-corrected chi connectivity index (χ4v) is 2.94. The van der Waals surface area contributed by atoms with Gasteiger partial charge in [0.1, 0.15) is 5.00 Å². The van der Waals surface area contributed by atoms with E-state index in [1.807, 2.05) is 6.07 Å². The minimum absolute atomic E-state index is 0.00755. The molecule has 0 aromatic carbocycles.